The minimum Gasteiger partial charge on any atom is -0.309 e. The number of benzene rings is 1. The Balaban J connectivity index is 2.52. The molecule has 2 aromatic rings. The highest BCUT2D eigenvalue weighted by Crippen LogP contribution is 2.40. The predicted octanol–water partition coefficient (Wildman–Crippen LogP) is 5.67. The standard InChI is InChI=1S/C12H9Cl4NS/c1-17-11(7-5-9(14)18-12(7)16)6-3-2-4-8(13)10(6)15/h2-5,11,17H,1H3. The third-order valence-corrected chi connectivity index (χ3v) is 4.93. The van der Waals surface area contributed by atoms with Gasteiger partial charge in [-0.1, -0.05) is 58.5 Å². The quantitative estimate of drug-likeness (QED) is 0.758. The third kappa shape index (κ3) is 2.79. The Morgan fingerprint density at radius 1 is 1.11 bits per heavy atom. The van der Waals surface area contributed by atoms with Gasteiger partial charge in [-0.15, -0.1) is 11.3 Å². The highest BCUT2D eigenvalue weighted by atomic mass is 35.5. The molecule has 0 aliphatic heterocycles. The summed E-state index contributed by atoms with van der Waals surface area (Å²) in [5.74, 6) is 0. The summed E-state index contributed by atoms with van der Waals surface area (Å²) in [4.78, 5) is 0. The molecule has 18 heavy (non-hydrogen) atoms. The van der Waals surface area contributed by atoms with E-state index < -0.39 is 0 Å². The molecular formula is C12H9Cl4NS. The van der Waals surface area contributed by atoms with Gasteiger partial charge < -0.3 is 5.32 Å². The van der Waals surface area contributed by atoms with Crippen molar-refractivity contribution < 1.29 is 0 Å². The van der Waals surface area contributed by atoms with Crippen molar-refractivity contribution in [1.82, 2.24) is 5.32 Å². The predicted molar refractivity (Wildman–Crippen MR) is 81.7 cm³/mol. The zero-order valence-corrected chi connectivity index (χ0v) is 13.1. The molecule has 6 heteroatoms. The monoisotopic (exact) mass is 339 g/mol. The van der Waals surface area contributed by atoms with Crippen LogP contribution in [0, 0.1) is 0 Å². The van der Waals surface area contributed by atoms with E-state index in [4.69, 9.17) is 46.4 Å². The highest BCUT2D eigenvalue weighted by Gasteiger charge is 2.21. The minimum atomic E-state index is -0.132. The fourth-order valence-corrected chi connectivity index (χ4v) is 3.72. The van der Waals surface area contributed by atoms with Crippen LogP contribution in [-0.2, 0) is 0 Å². The maximum absolute atomic E-state index is 6.23. The summed E-state index contributed by atoms with van der Waals surface area (Å²) in [6, 6.07) is 7.23. The average molecular weight is 341 g/mol. The van der Waals surface area contributed by atoms with E-state index in [2.05, 4.69) is 5.32 Å². The molecule has 0 saturated carbocycles. The van der Waals surface area contributed by atoms with Gasteiger partial charge in [-0.2, -0.15) is 0 Å². The van der Waals surface area contributed by atoms with Crippen LogP contribution in [0.5, 0.6) is 0 Å². The number of halogens is 4. The normalized spacial score (nSPS) is 12.7. The van der Waals surface area contributed by atoms with Gasteiger partial charge in [0.15, 0.2) is 0 Å². The molecule has 1 aromatic heterocycles. The van der Waals surface area contributed by atoms with E-state index in [1.165, 1.54) is 11.3 Å². The topological polar surface area (TPSA) is 12.0 Å². The molecule has 2 rings (SSSR count). The maximum atomic E-state index is 6.23. The van der Waals surface area contributed by atoms with E-state index in [1.807, 2.05) is 25.2 Å². The molecule has 0 aliphatic carbocycles. The summed E-state index contributed by atoms with van der Waals surface area (Å²) in [5, 5.41) is 4.22. The second-order valence-electron chi connectivity index (χ2n) is 3.64. The summed E-state index contributed by atoms with van der Waals surface area (Å²) in [5.41, 5.74) is 1.78. The smallest absolute Gasteiger partial charge is 0.0995 e. The molecule has 1 heterocycles. The van der Waals surface area contributed by atoms with E-state index in [0.29, 0.717) is 18.7 Å². The van der Waals surface area contributed by atoms with Crippen molar-refractivity contribution in [2.24, 2.45) is 0 Å². The van der Waals surface area contributed by atoms with Crippen molar-refractivity contribution in [3.8, 4) is 0 Å². The Labute approximate surface area is 130 Å². The van der Waals surface area contributed by atoms with Gasteiger partial charge in [-0.05, 0) is 24.7 Å². The lowest BCUT2D eigenvalue weighted by atomic mass is 10.0. The van der Waals surface area contributed by atoms with Gasteiger partial charge >= 0.3 is 0 Å². The second-order valence-corrected chi connectivity index (χ2v) is 6.72. The third-order valence-electron chi connectivity index (χ3n) is 2.58. The van der Waals surface area contributed by atoms with Gasteiger partial charge in [-0.3, -0.25) is 0 Å². The second kappa shape index (κ2) is 6.00. The van der Waals surface area contributed by atoms with E-state index in [-0.39, 0.29) is 6.04 Å². The van der Waals surface area contributed by atoms with Gasteiger partial charge in [0.25, 0.3) is 0 Å². The van der Waals surface area contributed by atoms with Gasteiger partial charge in [0.2, 0.25) is 0 Å². The average Bonchev–Trinajstić information content (AvgIpc) is 2.65. The first-order valence-electron chi connectivity index (χ1n) is 5.10. The van der Waals surface area contributed by atoms with Crippen LogP contribution < -0.4 is 5.32 Å². The molecule has 1 N–H and O–H groups in total. The molecule has 0 amide bonds. The van der Waals surface area contributed by atoms with E-state index in [0.717, 1.165) is 11.1 Å². The lowest BCUT2D eigenvalue weighted by Gasteiger charge is -2.18. The van der Waals surface area contributed by atoms with Crippen LogP contribution in [-0.4, -0.2) is 7.05 Å². The van der Waals surface area contributed by atoms with Crippen molar-refractivity contribution in [3.63, 3.8) is 0 Å². The molecule has 1 atom stereocenters. The van der Waals surface area contributed by atoms with Gasteiger partial charge in [0.1, 0.15) is 0 Å². The van der Waals surface area contributed by atoms with Crippen molar-refractivity contribution in [3.05, 3.63) is 54.1 Å². The number of hydrogen-bond donors (Lipinski definition) is 1. The van der Waals surface area contributed by atoms with Crippen LogP contribution in [0.15, 0.2) is 24.3 Å². The molecule has 0 spiro atoms. The first-order chi connectivity index (χ1) is 8.54. The molecule has 0 aliphatic rings. The van der Waals surface area contributed by atoms with E-state index >= 15 is 0 Å². The lowest BCUT2D eigenvalue weighted by Crippen LogP contribution is -2.17. The Morgan fingerprint density at radius 2 is 1.83 bits per heavy atom. The molecule has 0 fully saturated rings. The Kier molecular flexibility index (Phi) is 4.81. The minimum absolute atomic E-state index is 0.132. The lowest BCUT2D eigenvalue weighted by molar-refractivity contribution is 0.695. The fourth-order valence-electron chi connectivity index (χ4n) is 1.77. The summed E-state index contributed by atoms with van der Waals surface area (Å²) >= 11 is 25.7. The first-order valence-corrected chi connectivity index (χ1v) is 7.43. The molecule has 0 bridgehead atoms. The van der Waals surface area contributed by atoms with Crippen molar-refractivity contribution >= 4 is 57.7 Å². The van der Waals surface area contributed by atoms with Crippen molar-refractivity contribution in [1.29, 1.82) is 0 Å². The van der Waals surface area contributed by atoms with Crippen molar-refractivity contribution in [2.75, 3.05) is 7.05 Å². The van der Waals surface area contributed by atoms with Crippen molar-refractivity contribution in [2.45, 2.75) is 6.04 Å². The summed E-state index contributed by atoms with van der Waals surface area (Å²) in [7, 11) is 1.84. The summed E-state index contributed by atoms with van der Waals surface area (Å²) in [6.45, 7) is 0. The molecular weight excluding hydrogens is 332 g/mol. The van der Waals surface area contributed by atoms with E-state index in [9.17, 15) is 0 Å². The summed E-state index contributed by atoms with van der Waals surface area (Å²) in [6.07, 6.45) is 0. The number of rotatable bonds is 3. The van der Waals surface area contributed by atoms with Crippen LogP contribution >= 0.6 is 57.7 Å². The SMILES string of the molecule is CNC(c1cc(Cl)sc1Cl)c1cccc(Cl)c1Cl. The van der Waals surface area contributed by atoms with Gasteiger partial charge in [0.05, 0.1) is 24.8 Å². The number of thiophene rings is 1. The number of nitrogens with one attached hydrogen (secondary N) is 1. The molecule has 1 unspecified atom stereocenters. The maximum Gasteiger partial charge on any atom is 0.0995 e. The van der Waals surface area contributed by atoms with Crippen LogP contribution in [0.2, 0.25) is 18.7 Å². The van der Waals surface area contributed by atoms with Crippen LogP contribution in [0.3, 0.4) is 0 Å². The number of hydrogen-bond acceptors (Lipinski definition) is 2. The first kappa shape index (κ1) is 14.4. The zero-order chi connectivity index (χ0) is 13.3. The molecule has 96 valence electrons. The zero-order valence-electron chi connectivity index (χ0n) is 9.31. The molecule has 0 saturated heterocycles. The van der Waals surface area contributed by atoms with Crippen LogP contribution in [0.4, 0.5) is 0 Å². The Bertz CT molecular complexity index is 567. The molecule has 1 aromatic carbocycles. The highest BCUT2D eigenvalue weighted by molar-refractivity contribution is 7.20. The largest absolute Gasteiger partial charge is 0.309 e. The molecule has 0 radical (unpaired) electrons. The molecule has 1 nitrogen and oxygen atoms in total. The van der Waals surface area contributed by atoms with Gasteiger partial charge in [0, 0.05) is 5.56 Å². The van der Waals surface area contributed by atoms with Crippen LogP contribution in [0.25, 0.3) is 0 Å². The van der Waals surface area contributed by atoms with Gasteiger partial charge in [-0.25, -0.2) is 0 Å². The fraction of sp³-hybridized carbons (Fsp3) is 0.167. The Morgan fingerprint density at radius 3 is 2.39 bits per heavy atom. The van der Waals surface area contributed by atoms with E-state index in [1.54, 1.807) is 6.07 Å². The Hall–Kier alpha value is 0.0400. The van der Waals surface area contributed by atoms with Crippen LogP contribution in [0.1, 0.15) is 17.2 Å². The summed E-state index contributed by atoms with van der Waals surface area (Å²) < 4.78 is 1.30.